The van der Waals surface area contributed by atoms with Crippen LogP contribution in [0.15, 0.2) is 43.2 Å². The Labute approximate surface area is 218 Å². The monoisotopic (exact) mass is 514 g/mol. The van der Waals surface area contributed by atoms with E-state index in [1.165, 1.54) is 24.7 Å². The first-order valence-electron chi connectivity index (χ1n) is 13.0. The number of rotatable bonds is 6. The average molecular weight is 515 g/mol. The Morgan fingerprint density at radius 2 is 2.03 bits per heavy atom. The third-order valence-electron chi connectivity index (χ3n) is 7.80. The number of aliphatic hydroxyl groups excluding tert-OH is 1. The molecule has 2 unspecified atom stereocenters. The van der Waals surface area contributed by atoms with E-state index in [2.05, 4.69) is 31.4 Å². The van der Waals surface area contributed by atoms with Crippen LogP contribution >= 0.6 is 0 Å². The maximum Gasteiger partial charge on any atom is 0.234 e. The highest BCUT2D eigenvalue weighted by Crippen LogP contribution is 2.48. The van der Waals surface area contributed by atoms with Crippen LogP contribution < -0.4 is 10.2 Å². The Morgan fingerprint density at radius 3 is 2.87 bits per heavy atom. The molecule has 4 atom stereocenters. The minimum Gasteiger partial charge on any atom is -0.391 e. The highest BCUT2D eigenvalue weighted by atomic mass is 19.1. The van der Waals surface area contributed by atoms with Gasteiger partial charge in [-0.3, -0.25) is 14.2 Å². The third kappa shape index (κ3) is 4.16. The summed E-state index contributed by atoms with van der Waals surface area (Å²) >= 11 is 0. The summed E-state index contributed by atoms with van der Waals surface area (Å²) in [5.41, 5.74) is 2.89. The molecule has 38 heavy (non-hydrogen) atoms. The van der Waals surface area contributed by atoms with Crippen LogP contribution in [-0.4, -0.2) is 53.0 Å². The van der Waals surface area contributed by atoms with Gasteiger partial charge in [0.2, 0.25) is 11.7 Å². The first-order chi connectivity index (χ1) is 18.4. The van der Waals surface area contributed by atoms with E-state index in [9.17, 15) is 14.3 Å². The van der Waals surface area contributed by atoms with E-state index in [-0.39, 0.29) is 29.6 Å². The molecule has 1 amide bonds. The van der Waals surface area contributed by atoms with Gasteiger partial charge in [-0.15, -0.1) is 0 Å². The van der Waals surface area contributed by atoms with Crippen molar-refractivity contribution < 1.29 is 14.3 Å². The molecule has 194 valence electrons. The highest BCUT2D eigenvalue weighted by Gasteiger charge is 2.46. The molecule has 2 aliphatic carbocycles. The fraction of sp³-hybridized carbons (Fsp3) is 0.407. The summed E-state index contributed by atoms with van der Waals surface area (Å²) in [6.45, 7) is 2.07. The molecule has 2 N–H and O–H groups in total. The molecule has 11 heteroatoms. The number of aliphatic hydroxyl groups is 1. The summed E-state index contributed by atoms with van der Waals surface area (Å²) in [6.07, 6.45) is 11.8. The Kier molecular flexibility index (Phi) is 5.36. The second-order valence-corrected chi connectivity index (χ2v) is 10.6. The molecule has 3 fully saturated rings. The van der Waals surface area contributed by atoms with Gasteiger partial charge in [-0.25, -0.2) is 24.3 Å². The van der Waals surface area contributed by atoms with Crippen molar-refractivity contribution in [3.63, 3.8) is 0 Å². The minimum atomic E-state index is -0.545. The molecule has 7 rings (SSSR count). The quantitative estimate of drug-likeness (QED) is 0.402. The van der Waals surface area contributed by atoms with Gasteiger partial charge in [0.15, 0.2) is 0 Å². The molecule has 3 aliphatic rings. The molecule has 0 spiro atoms. The number of hydrogen-bond acceptors (Lipinski definition) is 8. The van der Waals surface area contributed by atoms with Crippen molar-refractivity contribution in [3.8, 4) is 0 Å². The first kappa shape index (κ1) is 23.2. The lowest BCUT2D eigenvalue weighted by molar-refractivity contribution is -0.117. The third-order valence-corrected chi connectivity index (χ3v) is 7.80. The average Bonchev–Trinajstić information content (AvgIpc) is 3.83. The predicted molar refractivity (Wildman–Crippen MR) is 136 cm³/mol. The van der Waals surface area contributed by atoms with Crippen LogP contribution in [0.5, 0.6) is 0 Å². The number of pyridine rings is 1. The van der Waals surface area contributed by atoms with Gasteiger partial charge in [0.05, 0.1) is 23.5 Å². The summed E-state index contributed by atoms with van der Waals surface area (Å²) in [6, 6.07) is 3.12. The summed E-state index contributed by atoms with van der Waals surface area (Å²) in [4.78, 5) is 37.0. The van der Waals surface area contributed by atoms with E-state index in [1.54, 1.807) is 25.3 Å². The molecule has 10 nitrogen and oxygen atoms in total. The van der Waals surface area contributed by atoms with Crippen molar-refractivity contribution in [2.24, 2.45) is 5.92 Å². The van der Waals surface area contributed by atoms with Crippen LogP contribution in [0.25, 0.3) is 5.78 Å². The van der Waals surface area contributed by atoms with E-state index in [4.69, 9.17) is 4.98 Å². The van der Waals surface area contributed by atoms with Crippen LogP contribution in [0.1, 0.15) is 66.1 Å². The number of imidazole rings is 1. The maximum atomic E-state index is 14.5. The van der Waals surface area contributed by atoms with Gasteiger partial charge in [-0.05, 0) is 49.3 Å². The second-order valence-electron chi connectivity index (χ2n) is 10.6. The van der Waals surface area contributed by atoms with Crippen LogP contribution in [0.4, 0.5) is 16.0 Å². The molecule has 5 heterocycles. The lowest BCUT2D eigenvalue weighted by Gasteiger charge is -2.24. The summed E-state index contributed by atoms with van der Waals surface area (Å²) in [5, 5.41) is 13.4. The fourth-order valence-corrected chi connectivity index (χ4v) is 5.45. The Hall–Kier alpha value is -3.99. The molecule has 1 aliphatic heterocycles. The topological polar surface area (TPSA) is 121 Å². The zero-order valence-electron chi connectivity index (χ0n) is 20.8. The van der Waals surface area contributed by atoms with Gasteiger partial charge >= 0.3 is 0 Å². The number of β-amino-alcohol motifs (C(OH)–C–C–N with tert-alkyl or cyclic N) is 1. The van der Waals surface area contributed by atoms with Crippen LogP contribution in [0, 0.1) is 18.7 Å². The van der Waals surface area contributed by atoms with Gasteiger partial charge < -0.3 is 15.3 Å². The van der Waals surface area contributed by atoms with E-state index < -0.39 is 6.10 Å². The number of nitrogens with one attached hydrogen (secondary N) is 1. The van der Waals surface area contributed by atoms with Crippen molar-refractivity contribution in [3.05, 3.63) is 71.6 Å². The van der Waals surface area contributed by atoms with Crippen LogP contribution in [0.3, 0.4) is 0 Å². The van der Waals surface area contributed by atoms with E-state index in [1.807, 2.05) is 21.7 Å². The Morgan fingerprint density at radius 1 is 1.16 bits per heavy atom. The van der Waals surface area contributed by atoms with Gasteiger partial charge in [-0.1, -0.05) is 0 Å². The maximum absolute atomic E-state index is 14.5. The van der Waals surface area contributed by atoms with Crippen molar-refractivity contribution in [1.82, 2.24) is 29.3 Å². The minimum absolute atomic E-state index is 0.197. The first-order valence-corrected chi connectivity index (χ1v) is 13.0. The van der Waals surface area contributed by atoms with E-state index in [0.29, 0.717) is 54.0 Å². The number of carbonyl (C=O) groups is 1. The lowest BCUT2D eigenvalue weighted by atomic mass is 10.1. The molecule has 0 aromatic carbocycles. The van der Waals surface area contributed by atoms with Gasteiger partial charge in [0.25, 0.3) is 0 Å². The molecule has 1 saturated heterocycles. The molecule has 2 saturated carbocycles. The number of nitrogens with zero attached hydrogens (tertiary/aromatic N) is 7. The summed E-state index contributed by atoms with van der Waals surface area (Å²) in [7, 11) is 0. The fourth-order valence-electron chi connectivity index (χ4n) is 5.45. The summed E-state index contributed by atoms with van der Waals surface area (Å²) < 4.78 is 16.4. The van der Waals surface area contributed by atoms with Crippen LogP contribution in [0.2, 0.25) is 0 Å². The SMILES string of the molecule is Cc1ccnc(C2CC2C(=O)Nc2cc(N3C[C@@H](O)C[C@@H]3c3cn4cc(C5CC5)cnc4n3)ncn2)c1F. The molecule has 0 bridgehead atoms. The van der Waals surface area contributed by atoms with Gasteiger partial charge in [0, 0.05) is 55.7 Å². The van der Waals surface area contributed by atoms with Gasteiger partial charge in [-0.2, -0.15) is 0 Å². The smallest absolute Gasteiger partial charge is 0.234 e. The van der Waals surface area contributed by atoms with Crippen molar-refractivity contribution in [2.75, 3.05) is 16.8 Å². The predicted octanol–water partition coefficient (Wildman–Crippen LogP) is 3.29. The second kappa shape index (κ2) is 8.80. The zero-order chi connectivity index (χ0) is 26.0. The number of fused-ring (bicyclic) bond motifs is 1. The lowest BCUT2D eigenvalue weighted by Crippen LogP contribution is -2.26. The Balaban J connectivity index is 1.09. The van der Waals surface area contributed by atoms with Crippen molar-refractivity contribution >= 4 is 23.3 Å². The standard InChI is InChI=1S/C27H27FN8O2/c1-14-4-5-29-25(24(14)28)18-7-19(18)26(38)34-22-8-23(32-13-31-22)36-11-17(37)6-21(36)20-12-35-10-16(15-2-3-15)9-30-27(35)33-20/h4-5,8-10,12-13,15,17-19,21,37H,2-3,6-7,11H2,1H3,(H,31,32,34,38)/t17-,18?,19?,21+/m0/s1. The summed E-state index contributed by atoms with van der Waals surface area (Å²) in [5.74, 6) is 0.992. The molecular weight excluding hydrogens is 487 g/mol. The number of hydrogen-bond donors (Lipinski definition) is 2. The van der Waals surface area contributed by atoms with Crippen molar-refractivity contribution in [1.29, 1.82) is 0 Å². The van der Waals surface area contributed by atoms with E-state index in [0.717, 1.165) is 5.69 Å². The number of amides is 1. The molecule has 0 radical (unpaired) electrons. The number of carbonyl (C=O) groups excluding carboxylic acids is 1. The number of aromatic nitrogens is 6. The number of halogens is 1. The number of anilines is 2. The zero-order valence-corrected chi connectivity index (χ0v) is 20.8. The van der Waals surface area contributed by atoms with E-state index >= 15 is 0 Å². The molecule has 4 aromatic rings. The van der Waals surface area contributed by atoms with Crippen LogP contribution in [-0.2, 0) is 4.79 Å². The normalized spacial score (nSPS) is 24.7. The van der Waals surface area contributed by atoms with Crippen molar-refractivity contribution in [2.45, 2.75) is 56.6 Å². The van der Waals surface area contributed by atoms with Gasteiger partial charge in [0.1, 0.15) is 23.8 Å². The Bertz CT molecular complexity index is 1550. The molecular formula is C27H27FN8O2. The number of aryl methyl sites for hydroxylation is 1. The molecule has 4 aromatic heterocycles. The largest absolute Gasteiger partial charge is 0.391 e. The highest BCUT2D eigenvalue weighted by molar-refractivity contribution is 5.94.